The average Bonchev–Trinajstić information content (AvgIpc) is 2.52. The molecule has 4 atom stereocenters. The van der Waals surface area contributed by atoms with Crippen molar-refractivity contribution in [3.05, 3.63) is 0 Å². The van der Waals surface area contributed by atoms with Gasteiger partial charge in [0, 0.05) is 7.11 Å². The van der Waals surface area contributed by atoms with Crippen LogP contribution >= 0.6 is 0 Å². The van der Waals surface area contributed by atoms with E-state index in [0.29, 0.717) is 0 Å². The maximum atomic E-state index is 9.84. The van der Waals surface area contributed by atoms with E-state index in [9.17, 15) is 15.3 Å². The molecule has 6 nitrogen and oxygen atoms in total. The molecule has 2 aliphatic rings. The number of rotatable bonds is 1. The molecule has 0 aliphatic carbocycles. The van der Waals surface area contributed by atoms with Crippen LogP contribution < -0.4 is 0 Å². The summed E-state index contributed by atoms with van der Waals surface area (Å²) in [6.07, 6.45) is -2.30. The minimum Gasteiger partial charge on any atom is -0.385 e. The first-order valence-corrected chi connectivity index (χ1v) is 3.98. The Bertz CT molecular complexity index is 221. The van der Waals surface area contributed by atoms with Crippen LogP contribution in [0.1, 0.15) is 0 Å². The molecular weight excluding hydrogens is 180 g/mol. The van der Waals surface area contributed by atoms with Crippen LogP contribution in [0.15, 0.2) is 0 Å². The van der Waals surface area contributed by atoms with Crippen molar-refractivity contribution >= 4 is 0 Å². The molecule has 13 heavy (non-hydrogen) atoms. The Kier molecular flexibility index (Phi) is 1.88. The predicted octanol–water partition coefficient (Wildman–Crippen LogP) is -2.20. The van der Waals surface area contributed by atoms with Gasteiger partial charge in [0.2, 0.25) is 0 Å². The fourth-order valence-corrected chi connectivity index (χ4v) is 1.84. The van der Waals surface area contributed by atoms with E-state index in [1.807, 2.05) is 0 Å². The molecule has 2 rings (SSSR count). The van der Waals surface area contributed by atoms with Gasteiger partial charge in [-0.05, 0) is 0 Å². The minimum atomic E-state index is -1.96. The molecule has 2 saturated heterocycles. The third-order valence-corrected chi connectivity index (χ3v) is 2.61. The highest BCUT2D eigenvalue weighted by molar-refractivity contribution is 5.06. The summed E-state index contributed by atoms with van der Waals surface area (Å²) in [6, 6.07) is 0. The molecule has 2 fully saturated rings. The first-order chi connectivity index (χ1) is 6.07. The lowest BCUT2D eigenvalue weighted by atomic mass is 10.0. The Morgan fingerprint density at radius 2 is 1.85 bits per heavy atom. The monoisotopic (exact) mass is 192 g/mol. The maximum Gasteiger partial charge on any atom is 0.255 e. The number of aliphatic hydroxyl groups excluding tert-OH is 2. The van der Waals surface area contributed by atoms with Crippen LogP contribution in [0.4, 0.5) is 0 Å². The highest BCUT2D eigenvalue weighted by Gasteiger charge is 2.71. The van der Waals surface area contributed by atoms with E-state index < -0.39 is 23.8 Å². The molecule has 0 bridgehead atoms. The molecule has 76 valence electrons. The van der Waals surface area contributed by atoms with E-state index in [4.69, 9.17) is 14.2 Å². The second kappa shape index (κ2) is 2.63. The molecule has 4 unspecified atom stereocenters. The van der Waals surface area contributed by atoms with Gasteiger partial charge in [-0.1, -0.05) is 0 Å². The van der Waals surface area contributed by atoms with Gasteiger partial charge in [0.15, 0.2) is 0 Å². The molecule has 0 spiro atoms. The molecular formula is C7H12O6. The third kappa shape index (κ3) is 0.876. The fraction of sp³-hybridized carbons (Fsp3) is 1.00. The van der Waals surface area contributed by atoms with E-state index in [2.05, 4.69) is 0 Å². The maximum absolute atomic E-state index is 9.84. The normalized spacial score (nSPS) is 55.4. The molecule has 0 aromatic rings. The van der Waals surface area contributed by atoms with Crippen LogP contribution in [0.25, 0.3) is 0 Å². The molecule has 2 heterocycles. The molecule has 3 N–H and O–H groups in total. The van der Waals surface area contributed by atoms with Crippen molar-refractivity contribution in [2.45, 2.75) is 23.8 Å². The smallest absolute Gasteiger partial charge is 0.255 e. The zero-order chi connectivity index (χ0) is 9.69. The van der Waals surface area contributed by atoms with Crippen LogP contribution in [0, 0.1) is 0 Å². The van der Waals surface area contributed by atoms with Crippen molar-refractivity contribution in [3.8, 4) is 0 Å². The van der Waals surface area contributed by atoms with Crippen LogP contribution in [-0.2, 0) is 14.2 Å². The van der Waals surface area contributed by atoms with Gasteiger partial charge in [-0.2, -0.15) is 0 Å². The highest BCUT2D eigenvalue weighted by atomic mass is 16.8. The van der Waals surface area contributed by atoms with Crippen molar-refractivity contribution in [3.63, 3.8) is 0 Å². The molecule has 2 aliphatic heterocycles. The zero-order valence-corrected chi connectivity index (χ0v) is 7.14. The lowest BCUT2D eigenvalue weighted by Crippen LogP contribution is -2.58. The second-order valence-corrected chi connectivity index (χ2v) is 3.22. The summed E-state index contributed by atoms with van der Waals surface area (Å²) < 4.78 is 14.8. The Hall–Kier alpha value is -0.240. The summed E-state index contributed by atoms with van der Waals surface area (Å²) in [6.45, 7) is -0.247. The Labute approximate surface area is 74.6 Å². The van der Waals surface area contributed by atoms with Crippen molar-refractivity contribution < 1.29 is 29.5 Å². The Morgan fingerprint density at radius 1 is 1.23 bits per heavy atom. The van der Waals surface area contributed by atoms with E-state index in [-0.39, 0.29) is 13.2 Å². The Morgan fingerprint density at radius 3 is 2.38 bits per heavy atom. The van der Waals surface area contributed by atoms with E-state index in [1.165, 1.54) is 7.11 Å². The fourth-order valence-electron chi connectivity index (χ4n) is 1.84. The van der Waals surface area contributed by atoms with Gasteiger partial charge in [0.05, 0.1) is 13.2 Å². The first-order valence-electron chi connectivity index (χ1n) is 3.98. The van der Waals surface area contributed by atoms with E-state index in [1.54, 1.807) is 0 Å². The number of fused-ring (bicyclic) bond motifs is 1. The van der Waals surface area contributed by atoms with Gasteiger partial charge < -0.3 is 29.5 Å². The van der Waals surface area contributed by atoms with Crippen molar-refractivity contribution in [1.29, 1.82) is 0 Å². The van der Waals surface area contributed by atoms with Crippen molar-refractivity contribution in [2.24, 2.45) is 0 Å². The van der Waals surface area contributed by atoms with Gasteiger partial charge in [0.25, 0.3) is 11.6 Å². The lowest BCUT2D eigenvalue weighted by molar-refractivity contribution is -0.338. The molecule has 0 amide bonds. The summed E-state index contributed by atoms with van der Waals surface area (Å²) in [5.41, 5.74) is 0. The van der Waals surface area contributed by atoms with Crippen LogP contribution in [-0.4, -0.2) is 59.4 Å². The largest absolute Gasteiger partial charge is 0.385 e. The van der Waals surface area contributed by atoms with Gasteiger partial charge in [-0.3, -0.25) is 0 Å². The van der Waals surface area contributed by atoms with Crippen molar-refractivity contribution in [1.82, 2.24) is 0 Å². The second-order valence-electron chi connectivity index (χ2n) is 3.22. The quantitative estimate of drug-likeness (QED) is 0.437. The highest BCUT2D eigenvalue weighted by Crippen LogP contribution is 2.45. The van der Waals surface area contributed by atoms with Gasteiger partial charge in [0.1, 0.15) is 12.2 Å². The molecule has 0 aromatic heterocycles. The first kappa shape index (κ1) is 9.32. The van der Waals surface area contributed by atoms with Gasteiger partial charge in [-0.25, -0.2) is 0 Å². The average molecular weight is 192 g/mol. The zero-order valence-electron chi connectivity index (χ0n) is 7.14. The molecule has 0 aromatic carbocycles. The Balaban J connectivity index is 2.38. The van der Waals surface area contributed by atoms with E-state index in [0.717, 1.165) is 0 Å². The number of aliphatic hydroxyl groups is 3. The molecule has 6 heteroatoms. The van der Waals surface area contributed by atoms with Gasteiger partial charge >= 0.3 is 0 Å². The number of ether oxygens (including phenoxy) is 3. The topological polar surface area (TPSA) is 88.4 Å². The SMILES string of the molecule is COC12OCC(O)C1(O)OCC2O. The lowest BCUT2D eigenvalue weighted by Gasteiger charge is -2.33. The van der Waals surface area contributed by atoms with Crippen LogP contribution in [0.2, 0.25) is 0 Å². The van der Waals surface area contributed by atoms with Crippen LogP contribution in [0.5, 0.6) is 0 Å². The number of methoxy groups -OCH3 is 1. The number of hydrogen-bond acceptors (Lipinski definition) is 6. The standard InChI is InChI=1S/C7H12O6/c1-11-7-5(9)3-12-6(7,10)4(8)2-13-7/h4-5,8-10H,2-3H2,1H3. The number of hydrogen-bond donors (Lipinski definition) is 3. The molecule has 0 saturated carbocycles. The summed E-state index contributed by atoms with van der Waals surface area (Å²) in [4.78, 5) is 0. The predicted molar refractivity (Wildman–Crippen MR) is 38.6 cm³/mol. The van der Waals surface area contributed by atoms with Gasteiger partial charge in [-0.15, -0.1) is 0 Å². The molecule has 0 radical (unpaired) electrons. The van der Waals surface area contributed by atoms with Crippen LogP contribution in [0.3, 0.4) is 0 Å². The van der Waals surface area contributed by atoms with Crippen molar-refractivity contribution in [2.75, 3.05) is 20.3 Å². The summed E-state index contributed by atoms with van der Waals surface area (Å²) in [5.74, 6) is -3.60. The summed E-state index contributed by atoms with van der Waals surface area (Å²) in [7, 11) is 1.28. The third-order valence-electron chi connectivity index (χ3n) is 2.61. The summed E-state index contributed by atoms with van der Waals surface area (Å²) in [5, 5.41) is 28.7. The minimum absolute atomic E-state index is 0.124. The van der Waals surface area contributed by atoms with E-state index >= 15 is 0 Å². The summed E-state index contributed by atoms with van der Waals surface area (Å²) >= 11 is 0.